The van der Waals surface area contributed by atoms with Crippen LogP contribution in [0.5, 0.6) is 0 Å². The van der Waals surface area contributed by atoms with Crippen LogP contribution in [0.1, 0.15) is 43.0 Å². The van der Waals surface area contributed by atoms with Crippen molar-refractivity contribution in [1.82, 2.24) is 4.90 Å². The predicted octanol–water partition coefficient (Wildman–Crippen LogP) is 2.74. The molecular weight excluding hydrogens is 250 g/mol. The van der Waals surface area contributed by atoms with Gasteiger partial charge in [-0.05, 0) is 38.0 Å². The number of hydrogen-bond donors (Lipinski definition) is 1. The summed E-state index contributed by atoms with van der Waals surface area (Å²) in [5, 5.41) is 0. The monoisotopic (exact) mass is 275 g/mol. The van der Waals surface area contributed by atoms with E-state index < -0.39 is 0 Å². The minimum Gasteiger partial charge on any atom is -0.397 e. The quantitative estimate of drug-likeness (QED) is 0.860. The number of hydrogen-bond acceptors (Lipinski definition) is 3. The van der Waals surface area contributed by atoms with Gasteiger partial charge >= 0.3 is 0 Å². The molecule has 1 saturated carbocycles. The first kappa shape index (κ1) is 14.7. The molecule has 1 fully saturated rings. The van der Waals surface area contributed by atoms with E-state index in [1.54, 1.807) is 25.1 Å². The molecule has 1 amide bonds. The minimum atomic E-state index is -0.00725. The summed E-state index contributed by atoms with van der Waals surface area (Å²) in [5.74, 6) is -0.00725. The zero-order valence-electron chi connectivity index (χ0n) is 12.7. The lowest BCUT2D eigenvalue weighted by Gasteiger charge is -2.31. The summed E-state index contributed by atoms with van der Waals surface area (Å²) < 4.78 is 0. The average Bonchev–Trinajstić information content (AvgIpc) is 2.94. The van der Waals surface area contributed by atoms with Crippen molar-refractivity contribution in [1.29, 1.82) is 0 Å². The number of carbonyl (C=O) groups excluding carboxylic acids is 1. The Morgan fingerprint density at radius 1 is 1.30 bits per heavy atom. The van der Waals surface area contributed by atoms with E-state index in [-0.39, 0.29) is 5.91 Å². The van der Waals surface area contributed by atoms with E-state index in [4.69, 9.17) is 5.73 Å². The van der Waals surface area contributed by atoms with Gasteiger partial charge in [-0.15, -0.1) is 0 Å². The second-order valence-corrected chi connectivity index (χ2v) is 5.70. The molecule has 110 valence electrons. The van der Waals surface area contributed by atoms with E-state index in [1.807, 2.05) is 12.1 Å². The number of carbonyl (C=O) groups is 1. The second-order valence-electron chi connectivity index (χ2n) is 5.70. The molecule has 4 heteroatoms. The molecule has 0 atom stereocenters. The lowest BCUT2D eigenvalue weighted by molar-refractivity contribution is 0.0827. The van der Waals surface area contributed by atoms with Crippen molar-refractivity contribution in [2.45, 2.75) is 38.6 Å². The van der Waals surface area contributed by atoms with Crippen molar-refractivity contribution < 1.29 is 4.79 Å². The first-order valence-electron chi connectivity index (χ1n) is 7.42. The molecule has 1 aromatic carbocycles. The number of benzene rings is 1. The molecule has 2 rings (SSSR count). The zero-order valence-corrected chi connectivity index (χ0v) is 12.7. The first-order chi connectivity index (χ1) is 9.54. The van der Waals surface area contributed by atoms with Gasteiger partial charge in [0.15, 0.2) is 0 Å². The maximum Gasteiger partial charge on any atom is 0.253 e. The van der Waals surface area contributed by atoms with Gasteiger partial charge in [0.25, 0.3) is 5.91 Å². The van der Waals surface area contributed by atoms with Crippen molar-refractivity contribution >= 4 is 17.3 Å². The van der Waals surface area contributed by atoms with Crippen LogP contribution in [0.4, 0.5) is 11.4 Å². The number of nitrogens with zero attached hydrogens (tertiary/aromatic N) is 2. The standard InChI is InChI=1S/C16H25N3O/c1-4-19(13-7-5-6-8-13)15-10-9-12(11-14(15)17)16(20)18(2)3/h9-11,13H,4-8,17H2,1-3H3. The second kappa shape index (κ2) is 6.16. The van der Waals surface area contributed by atoms with Gasteiger partial charge < -0.3 is 15.5 Å². The molecule has 0 spiro atoms. The molecule has 20 heavy (non-hydrogen) atoms. The highest BCUT2D eigenvalue weighted by Gasteiger charge is 2.23. The molecule has 1 aliphatic carbocycles. The third-order valence-electron chi connectivity index (χ3n) is 4.10. The normalized spacial score (nSPS) is 15.3. The highest BCUT2D eigenvalue weighted by atomic mass is 16.2. The summed E-state index contributed by atoms with van der Waals surface area (Å²) in [6.45, 7) is 3.12. The van der Waals surface area contributed by atoms with Gasteiger partial charge in [0.1, 0.15) is 0 Å². The van der Waals surface area contributed by atoms with E-state index in [0.717, 1.165) is 12.2 Å². The molecule has 2 N–H and O–H groups in total. The van der Waals surface area contributed by atoms with E-state index in [1.165, 1.54) is 25.7 Å². The zero-order chi connectivity index (χ0) is 14.7. The van der Waals surface area contributed by atoms with Crippen LogP contribution in [-0.2, 0) is 0 Å². The summed E-state index contributed by atoms with van der Waals surface area (Å²) >= 11 is 0. The van der Waals surface area contributed by atoms with Gasteiger partial charge in [-0.3, -0.25) is 4.79 Å². The molecule has 0 unspecified atom stereocenters. The Bertz CT molecular complexity index is 479. The fourth-order valence-electron chi connectivity index (χ4n) is 3.05. The predicted molar refractivity (Wildman–Crippen MR) is 84.1 cm³/mol. The van der Waals surface area contributed by atoms with Crippen molar-refractivity contribution in [3.05, 3.63) is 23.8 Å². The maximum absolute atomic E-state index is 12.0. The first-order valence-corrected chi connectivity index (χ1v) is 7.42. The fourth-order valence-corrected chi connectivity index (χ4v) is 3.05. The Morgan fingerprint density at radius 2 is 1.95 bits per heavy atom. The number of nitrogens with two attached hydrogens (primary N) is 1. The highest BCUT2D eigenvalue weighted by Crippen LogP contribution is 2.32. The summed E-state index contributed by atoms with van der Waals surface area (Å²) in [4.78, 5) is 15.9. The Kier molecular flexibility index (Phi) is 4.53. The summed E-state index contributed by atoms with van der Waals surface area (Å²) in [7, 11) is 3.51. The number of nitrogen functional groups attached to an aromatic ring is 1. The topological polar surface area (TPSA) is 49.6 Å². The van der Waals surface area contributed by atoms with Crippen molar-refractivity contribution in [2.75, 3.05) is 31.3 Å². The third-order valence-corrected chi connectivity index (χ3v) is 4.10. The lowest BCUT2D eigenvalue weighted by Crippen LogP contribution is -2.33. The number of anilines is 2. The minimum absolute atomic E-state index is 0.00725. The van der Waals surface area contributed by atoms with Crippen LogP contribution in [0.2, 0.25) is 0 Å². The average molecular weight is 275 g/mol. The molecule has 0 aromatic heterocycles. The van der Waals surface area contributed by atoms with E-state index in [2.05, 4.69) is 11.8 Å². The van der Waals surface area contributed by atoms with Gasteiger partial charge in [-0.2, -0.15) is 0 Å². The molecule has 0 radical (unpaired) electrons. The van der Waals surface area contributed by atoms with Gasteiger partial charge in [0.2, 0.25) is 0 Å². The van der Waals surface area contributed by atoms with Crippen LogP contribution in [0.15, 0.2) is 18.2 Å². The molecule has 0 aliphatic heterocycles. The van der Waals surface area contributed by atoms with Gasteiger partial charge in [-0.1, -0.05) is 12.8 Å². The van der Waals surface area contributed by atoms with Crippen LogP contribution in [0, 0.1) is 0 Å². The van der Waals surface area contributed by atoms with Crippen LogP contribution >= 0.6 is 0 Å². The van der Waals surface area contributed by atoms with Crippen molar-refractivity contribution in [2.24, 2.45) is 0 Å². The smallest absolute Gasteiger partial charge is 0.253 e. The van der Waals surface area contributed by atoms with Gasteiger partial charge in [0.05, 0.1) is 11.4 Å². The van der Waals surface area contributed by atoms with Crippen LogP contribution in [0.25, 0.3) is 0 Å². The van der Waals surface area contributed by atoms with Gasteiger partial charge in [-0.25, -0.2) is 0 Å². The summed E-state index contributed by atoms with van der Waals surface area (Å²) in [5.41, 5.74) is 8.61. The third kappa shape index (κ3) is 2.89. The Morgan fingerprint density at radius 3 is 2.45 bits per heavy atom. The Hall–Kier alpha value is -1.71. The Balaban J connectivity index is 2.26. The molecule has 0 bridgehead atoms. The molecule has 0 heterocycles. The molecular formula is C16H25N3O. The van der Waals surface area contributed by atoms with Crippen LogP contribution < -0.4 is 10.6 Å². The maximum atomic E-state index is 12.0. The number of rotatable bonds is 4. The molecule has 0 saturated heterocycles. The fraction of sp³-hybridized carbons (Fsp3) is 0.562. The Labute approximate surface area is 121 Å². The van der Waals surface area contributed by atoms with Crippen LogP contribution in [0.3, 0.4) is 0 Å². The van der Waals surface area contributed by atoms with Crippen molar-refractivity contribution in [3.8, 4) is 0 Å². The molecule has 1 aliphatic rings. The molecule has 4 nitrogen and oxygen atoms in total. The van der Waals surface area contributed by atoms with Crippen LogP contribution in [-0.4, -0.2) is 37.5 Å². The van der Waals surface area contributed by atoms with E-state index >= 15 is 0 Å². The van der Waals surface area contributed by atoms with E-state index in [9.17, 15) is 4.79 Å². The SMILES string of the molecule is CCN(c1ccc(C(=O)N(C)C)cc1N)C1CCCC1. The molecule has 1 aromatic rings. The largest absolute Gasteiger partial charge is 0.397 e. The summed E-state index contributed by atoms with van der Waals surface area (Å²) in [6, 6.07) is 6.27. The van der Waals surface area contributed by atoms with E-state index in [0.29, 0.717) is 17.3 Å². The highest BCUT2D eigenvalue weighted by molar-refractivity contribution is 5.95. The van der Waals surface area contributed by atoms with Gasteiger partial charge in [0, 0.05) is 32.2 Å². The van der Waals surface area contributed by atoms with Crippen molar-refractivity contribution in [3.63, 3.8) is 0 Å². The number of amides is 1. The lowest BCUT2D eigenvalue weighted by atomic mass is 10.1. The summed E-state index contributed by atoms with van der Waals surface area (Å²) in [6.07, 6.45) is 5.09.